The van der Waals surface area contributed by atoms with E-state index in [-0.39, 0.29) is 5.60 Å². The minimum atomic E-state index is 0.285. The molecule has 2 aliphatic rings. The number of epoxide rings is 1. The molecular formula is C10H18O2. The van der Waals surface area contributed by atoms with E-state index in [0.29, 0.717) is 12.7 Å². The normalized spacial score (nSPS) is 39.2. The molecule has 2 unspecified atom stereocenters. The van der Waals surface area contributed by atoms with E-state index < -0.39 is 0 Å². The first-order valence-corrected chi connectivity index (χ1v) is 5.16. The Morgan fingerprint density at radius 2 is 2.25 bits per heavy atom. The van der Waals surface area contributed by atoms with Crippen molar-refractivity contribution in [1.82, 2.24) is 0 Å². The van der Waals surface area contributed by atoms with Crippen LogP contribution >= 0.6 is 0 Å². The molecule has 1 saturated heterocycles. The lowest BCUT2D eigenvalue weighted by Crippen LogP contribution is -2.19. The van der Waals surface area contributed by atoms with E-state index in [2.05, 4.69) is 0 Å². The van der Waals surface area contributed by atoms with Crippen LogP contribution in [0.5, 0.6) is 0 Å². The summed E-state index contributed by atoms with van der Waals surface area (Å²) in [7, 11) is 0. The molecule has 2 nitrogen and oxygen atoms in total. The fraction of sp³-hybridized carbons (Fsp3) is 1.00. The molecule has 1 saturated carbocycles. The van der Waals surface area contributed by atoms with Crippen LogP contribution in [0.25, 0.3) is 0 Å². The van der Waals surface area contributed by atoms with Crippen LogP contribution in [0.2, 0.25) is 0 Å². The van der Waals surface area contributed by atoms with Gasteiger partial charge in [-0.3, -0.25) is 0 Å². The largest absolute Gasteiger partial charge is 0.396 e. The summed E-state index contributed by atoms with van der Waals surface area (Å²) in [5.74, 6) is 0. The second-order valence-corrected chi connectivity index (χ2v) is 4.10. The van der Waals surface area contributed by atoms with E-state index in [0.717, 1.165) is 12.8 Å². The number of rotatable bonds is 4. The van der Waals surface area contributed by atoms with E-state index >= 15 is 0 Å². The first-order valence-electron chi connectivity index (χ1n) is 5.16. The fourth-order valence-corrected chi connectivity index (χ4v) is 2.43. The Bertz CT molecular complexity index is 158. The molecule has 2 fully saturated rings. The predicted octanol–water partition coefficient (Wildman–Crippen LogP) is 1.86. The smallest absolute Gasteiger partial charge is 0.0948 e. The first kappa shape index (κ1) is 8.52. The van der Waals surface area contributed by atoms with Crippen molar-refractivity contribution in [2.75, 3.05) is 6.61 Å². The Labute approximate surface area is 73.9 Å². The average molecular weight is 170 g/mol. The summed E-state index contributed by atoms with van der Waals surface area (Å²) in [5.41, 5.74) is 0.285. The molecule has 0 spiro atoms. The highest BCUT2D eigenvalue weighted by atomic mass is 16.6. The van der Waals surface area contributed by atoms with E-state index in [1.165, 1.54) is 32.1 Å². The maximum Gasteiger partial charge on any atom is 0.0948 e. The van der Waals surface area contributed by atoms with Crippen molar-refractivity contribution in [3.63, 3.8) is 0 Å². The molecule has 1 heterocycles. The third kappa shape index (κ3) is 1.50. The molecule has 0 aromatic rings. The molecular weight excluding hydrogens is 152 g/mol. The van der Waals surface area contributed by atoms with Gasteiger partial charge in [-0.1, -0.05) is 12.8 Å². The van der Waals surface area contributed by atoms with Gasteiger partial charge in [0.25, 0.3) is 0 Å². The molecule has 1 N–H and O–H groups in total. The van der Waals surface area contributed by atoms with Crippen molar-refractivity contribution >= 4 is 0 Å². The summed E-state index contributed by atoms with van der Waals surface area (Å²) in [6.45, 7) is 0.334. The zero-order chi connectivity index (χ0) is 8.44. The average Bonchev–Trinajstić information content (AvgIpc) is 2.79. The number of fused-ring (bicyclic) bond motifs is 1. The Hall–Kier alpha value is -0.0800. The Balaban J connectivity index is 1.73. The van der Waals surface area contributed by atoms with Gasteiger partial charge in [-0.2, -0.15) is 0 Å². The quantitative estimate of drug-likeness (QED) is 0.516. The van der Waals surface area contributed by atoms with Gasteiger partial charge in [0.1, 0.15) is 0 Å². The molecule has 0 bridgehead atoms. The number of aliphatic hydroxyl groups excluding tert-OH is 1. The van der Waals surface area contributed by atoms with Crippen LogP contribution in [0.4, 0.5) is 0 Å². The molecule has 0 aromatic carbocycles. The molecule has 12 heavy (non-hydrogen) atoms. The van der Waals surface area contributed by atoms with Crippen molar-refractivity contribution in [3.8, 4) is 0 Å². The predicted molar refractivity (Wildman–Crippen MR) is 47.0 cm³/mol. The standard InChI is InChI=1S/C10H18O2/c11-8-4-3-7-10-6-2-1-5-9(10)12-10/h9,11H,1-8H2. The molecule has 2 rings (SSSR count). The Morgan fingerprint density at radius 1 is 1.33 bits per heavy atom. The van der Waals surface area contributed by atoms with Crippen LogP contribution in [-0.2, 0) is 4.74 Å². The minimum absolute atomic E-state index is 0.285. The third-order valence-electron chi connectivity index (χ3n) is 3.23. The first-order chi connectivity index (χ1) is 5.87. The number of aliphatic hydroxyl groups is 1. The summed E-state index contributed by atoms with van der Waals surface area (Å²) >= 11 is 0. The summed E-state index contributed by atoms with van der Waals surface area (Å²) < 4.78 is 5.73. The second kappa shape index (κ2) is 3.35. The molecule has 70 valence electrons. The highest BCUT2D eigenvalue weighted by Gasteiger charge is 2.55. The van der Waals surface area contributed by atoms with Gasteiger partial charge in [0.2, 0.25) is 0 Å². The second-order valence-electron chi connectivity index (χ2n) is 4.10. The van der Waals surface area contributed by atoms with Gasteiger partial charge < -0.3 is 9.84 Å². The van der Waals surface area contributed by atoms with Crippen molar-refractivity contribution in [2.45, 2.75) is 56.7 Å². The Kier molecular flexibility index (Phi) is 2.37. The maximum atomic E-state index is 8.65. The van der Waals surface area contributed by atoms with Crippen LogP contribution < -0.4 is 0 Å². The van der Waals surface area contributed by atoms with Gasteiger partial charge in [0.05, 0.1) is 11.7 Å². The van der Waals surface area contributed by atoms with Crippen molar-refractivity contribution < 1.29 is 9.84 Å². The van der Waals surface area contributed by atoms with Gasteiger partial charge in [-0.25, -0.2) is 0 Å². The van der Waals surface area contributed by atoms with Crippen molar-refractivity contribution in [3.05, 3.63) is 0 Å². The van der Waals surface area contributed by atoms with E-state index in [4.69, 9.17) is 9.84 Å². The molecule has 1 aliphatic carbocycles. The summed E-state index contributed by atoms with van der Waals surface area (Å²) in [6, 6.07) is 0. The van der Waals surface area contributed by atoms with E-state index in [1.54, 1.807) is 0 Å². The number of hydrogen-bond donors (Lipinski definition) is 1. The SMILES string of the molecule is OCCCCC12CCCCC1O2. The van der Waals surface area contributed by atoms with Crippen LogP contribution in [0.3, 0.4) is 0 Å². The van der Waals surface area contributed by atoms with Gasteiger partial charge >= 0.3 is 0 Å². The topological polar surface area (TPSA) is 32.8 Å². The van der Waals surface area contributed by atoms with Crippen LogP contribution in [-0.4, -0.2) is 23.4 Å². The molecule has 0 amide bonds. The molecule has 2 atom stereocenters. The number of hydrogen-bond acceptors (Lipinski definition) is 2. The minimum Gasteiger partial charge on any atom is -0.396 e. The molecule has 0 radical (unpaired) electrons. The third-order valence-corrected chi connectivity index (χ3v) is 3.23. The summed E-state index contributed by atoms with van der Waals surface area (Å²) in [6.07, 6.45) is 9.08. The highest BCUT2D eigenvalue weighted by molar-refractivity contribution is 5.04. The number of unbranched alkanes of at least 4 members (excludes halogenated alkanes) is 1. The Morgan fingerprint density at radius 3 is 3.00 bits per heavy atom. The van der Waals surface area contributed by atoms with E-state index in [9.17, 15) is 0 Å². The van der Waals surface area contributed by atoms with Crippen LogP contribution in [0.15, 0.2) is 0 Å². The lowest BCUT2D eigenvalue weighted by Gasteiger charge is -2.16. The van der Waals surface area contributed by atoms with Gasteiger partial charge in [-0.15, -0.1) is 0 Å². The summed E-state index contributed by atoms with van der Waals surface area (Å²) in [4.78, 5) is 0. The van der Waals surface area contributed by atoms with Gasteiger partial charge in [0.15, 0.2) is 0 Å². The molecule has 0 aromatic heterocycles. The maximum absolute atomic E-state index is 8.65. The van der Waals surface area contributed by atoms with E-state index in [1.807, 2.05) is 0 Å². The van der Waals surface area contributed by atoms with Crippen molar-refractivity contribution in [2.24, 2.45) is 0 Å². The lowest BCUT2D eigenvalue weighted by molar-refractivity contribution is 0.245. The van der Waals surface area contributed by atoms with Crippen LogP contribution in [0, 0.1) is 0 Å². The molecule has 1 aliphatic heterocycles. The van der Waals surface area contributed by atoms with Gasteiger partial charge in [0, 0.05) is 6.61 Å². The highest BCUT2D eigenvalue weighted by Crippen LogP contribution is 2.50. The monoisotopic (exact) mass is 170 g/mol. The zero-order valence-corrected chi connectivity index (χ0v) is 7.59. The fourth-order valence-electron chi connectivity index (χ4n) is 2.43. The summed E-state index contributed by atoms with van der Waals surface area (Å²) in [5, 5.41) is 8.65. The van der Waals surface area contributed by atoms with Crippen molar-refractivity contribution in [1.29, 1.82) is 0 Å². The van der Waals surface area contributed by atoms with Gasteiger partial charge in [-0.05, 0) is 32.1 Å². The van der Waals surface area contributed by atoms with Crippen LogP contribution in [0.1, 0.15) is 44.9 Å². The molecule has 2 heteroatoms. The lowest BCUT2D eigenvalue weighted by atomic mass is 9.85. The zero-order valence-electron chi connectivity index (χ0n) is 7.59. The number of ether oxygens (including phenoxy) is 1.